The van der Waals surface area contributed by atoms with E-state index in [-0.39, 0.29) is 16.1 Å². The van der Waals surface area contributed by atoms with Crippen molar-refractivity contribution in [2.45, 2.75) is 22.3 Å². The number of pyridine rings is 1. The Hall–Kier alpha value is -1.08. The maximum Gasteiger partial charge on any atom is 0.242 e. The molecule has 0 amide bonds. The lowest BCUT2D eigenvalue weighted by atomic mass is 10.1. The van der Waals surface area contributed by atoms with Crippen molar-refractivity contribution in [3.05, 3.63) is 53.3 Å². The zero-order valence-electron chi connectivity index (χ0n) is 11.0. The Labute approximate surface area is 133 Å². The highest BCUT2D eigenvalue weighted by molar-refractivity contribution is 7.99. The van der Waals surface area contributed by atoms with Gasteiger partial charge in [-0.25, -0.2) is 18.1 Å². The van der Waals surface area contributed by atoms with Gasteiger partial charge in [-0.2, -0.15) is 0 Å². The molecule has 21 heavy (non-hydrogen) atoms. The molecule has 0 spiro atoms. The lowest BCUT2D eigenvalue weighted by Crippen LogP contribution is -2.30. The highest BCUT2D eigenvalue weighted by atomic mass is 35.5. The zero-order valence-corrected chi connectivity index (χ0v) is 13.4. The first kappa shape index (κ1) is 14.8. The molecule has 1 aliphatic rings. The molecule has 1 aliphatic heterocycles. The molecule has 4 nitrogen and oxygen atoms in total. The van der Waals surface area contributed by atoms with Crippen LogP contribution in [0.15, 0.2) is 52.4 Å². The Kier molecular flexibility index (Phi) is 4.21. The van der Waals surface area contributed by atoms with Gasteiger partial charge in [0.05, 0.1) is 0 Å². The smallest absolute Gasteiger partial charge is 0.242 e. The SMILES string of the molecule is O=S(=O)(N[C@H]1CCSc2ccccc21)c1ccc(Cl)nc1. The number of sulfonamides is 1. The molecule has 3 rings (SSSR count). The minimum absolute atomic E-state index is 0.127. The molecular weight excluding hydrogens is 328 g/mol. The van der Waals surface area contributed by atoms with Gasteiger partial charge in [0, 0.05) is 17.1 Å². The average Bonchev–Trinajstić information content (AvgIpc) is 2.48. The Balaban J connectivity index is 1.88. The minimum atomic E-state index is -3.60. The summed E-state index contributed by atoms with van der Waals surface area (Å²) < 4.78 is 27.6. The van der Waals surface area contributed by atoms with Gasteiger partial charge in [-0.05, 0) is 35.9 Å². The van der Waals surface area contributed by atoms with Gasteiger partial charge in [0.15, 0.2) is 0 Å². The number of fused-ring (bicyclic) bond motifs is 1. The number of hydrogen-bond donors (Lipinski definition) is 1. The normalized spacial score (nSPS) is 18.2. The monoisotopic (exact) mass is 340 g/mol. The predicted octanol–water partition coefficient (Wildman–Crippen LogP) is 3.25. The molecular formula is C14H13ClN2O2S2. The van der Waals surface area contributed by atoms with Crippen LogP contribution in [-0.2, 0) is 10.0 Å². The van der Waals surface area contributed by atoms with E-state index in [1.165, 1.54) is 18.3 Å². The van der Waals surface area contributed by atoms with Crippen molar-refractivity contribution in [1.29, 1.82) is 0 Å². The quantitative estimate of drug-likeness (QED) is 0.871. The van der Waals surface area contributed by atoms with E-state index in [0.29, 0.717) is 0 Å². The van der Waals surface area contributed by atoms with Crippen LogP contribution >= 0.6 is 23.4 Å². The lowest BCUT2D eigenvalue weighted by molar-refractivity contribution is 0.545. The van der Waals surface area contributed by atoms with Crippen LogP contribution in [0.4, 0.5) is 0 Å². The van der Waals surface area contributed by atoms with E-state index >= 15 is 0 Å². The number of benzene rings is 1. The van der Waals surface area contributed by atoms with Crippen molar-refractivity contribution in [2.75, 3.05) is 5.75 Å². The van der Waals surface area contributed by atoms with Crippen molar-refractivity contribution in [3.63, 3.8) is 0 Å². The Morgan fingerprint density at radius 1 is 1.24 bits per heavy atom. The summed E-state index contributed by atoms with van der Waals surface area (Å²) >= 11 is 7.44. The molecule has 0 unspecified atom stereocenters. The number of nitrogens with zero attached hydrogens (tertiary/aromatic N) is 1. The standard InChI is InChI=1S/C14H13ClN2O2S2/c15-14-6-5-10(9-16-14)21(18,19)17-12-7-8-20-13-4-2-1-3-11(12)13/h1-6,9,12,17H,7-8H2/t12-/m0/s1. The highest BCUT2D eigenvalue weighted by Gasteiger charge is 2.26. The number of nitrogens with one attached hydrogen (secondary N) is 1. The number of thioether (sulfide) groups is 1. The van der Waals surface area contributed by atoms with E-state index in [9.17, 15) is 8.42 Å². The summed E-state index contributed by atoms with van der Waals surface area (Å²) in [4.78, 5) is 5.08. The summed E-state index contributed by atoms with van der Waals surface area (Å²) in [6, 6.07) is 10.6. The average molecular weight is 341 g/mol. The minimum Gasteiger partial charge on any atom is -0.243 e. The second-order valence-electron chi connectivity index (χ2n) is 4.67. The summed E-state index contributed by atoms with van der Waals surface area (Å²) in [5.74, 6) is 0.892. The molecule has 1 atom stereocenters. The highest BCUT2D eigenvalue weighted by Crippen LogP contribution is 2.36. The number of rotatable bonds is 3. The molecule has 0 saturated heterocycles. The van der Waals surface area contributed by atoms with Gasteiger partial charge < -0.3 is 0 Å². The van der Waals surface area contributed by atoms with Crippen LogP contribution in [-0.4, -0.2) is 19.2 Å². The summed E-state index contributed by atoms with van der Waals surface area (Å²) in [6.07, 6.45) is 2.04. The molecule has 2 aromatic rings. The molecule has 7 heteroatoms. The molecule has 0 aliphatic carbocycles. The molecule has 0 bridgehead atoms. The summed E-state index contributed by atoms with van der Waals surface area (Å²) in [5, 5.41) is 0.272. The number of halogens is 1. The van der Waals surface area contributed by atoms with Crippen molar-refractivity contribution in [1.82, 2.24) is 9.71 Å². The van der Waals surface area contributed by atoms with Gasteiger partial charge in [-0.15, -0.1) is 11.8 Å². The van der Waals surface area contributed by atoms with Crippen LogP contribution in [0.5, 0.6) is 0 Å². The second kappa shape index (κ2) is 5.96. The summed E-state index contributed by atoms with van der Waals surface area (Å²) in [7, 11) is -3.60. The van der Waals surface area contributed by atoms with Crippen LogP contribution in [0.25, 0.3) is 0 Å². The maximum atomic E-state index is 12.4. The van der Waals surface area contributed by atoms with E-state index in [2.05, 4.69) is 9.71 Å². The first-order chi connectivity index (χ1) is 10.1. The van der Waals surface area contributed by atoms with E-state index in [1.54, 1.807) is 11.8 Å². The second-order valence-corrected chi connectivity index (χ2v) is 7.90. The van der Waals surface area contributed by atoms with Gasteiger partial charge in [0.1, 0.15) is 10.0 Å². The maximum absolute atomic E-state index is 12.4. The van der Waals surface area contributed by atoms with Crippen molar-refractivity contribution in [2.24, 2.45) is 0 Å². The number of hydrogen-bond acceptors (Lipinski definition) is 4. The van der Waals surface area contributed by atoms with Gasteiger partial charge in [0.2, 0.25) is 10.0 Å². The van der Waals surface area contributed by atoms with Crippen molar-refractivity contribution in [3.8, 4) is 0 Å². The molecule has 1 aromatic heterocycles. The van der Waals surface area contributed by atoms with E-state index < -0.39 is 10.0 Å². The summed E-state index contributed by atoms with van der Waals surface area (Å²) in [5.41, 5.74) is 1.03. The van der Waals surface area contributed by atoms with Gasteiger partial charge >= 0.3 is 0 Å². The van der Waals surface area contributed by atoms with Gasteiger partial charge in [0.25, 0.3) is 0 Å². The van der Waals surface area contributed by atoms with Gasteiger partial charge in [-0.3, -0.25) is 0 Å². The topological polar surface area (TPSA) is 59.1 Å². The van der Waals surface area contributed by atoms with Crippen LogP contribution in [0.1, 0.15) is 18.0 Å². The molecule has 2 heterocycles. The van der Waals surface area contributed by atoms with E-state index in [4.69, 9.17) is 11.6 Å². The van der Waals surface area contributed by atoms with Crippen molar-refractivity contribution >= 4 is 33.4 Å². The van der Waals surface area contributed by atoms with Crippen LogP contribution in [0.3, 0.4) is 0 Å². The Bertz CT molecular complexity index is 748. The predicted molar refractivity (Wildman–Crippen MR) is 84.1 cm³/mol. The third kappa shape index (κ3) is 3.23. The van der Waals surface area contributed by atoms with E-state index in [0.717, 1.165) is 22.6 Å². The van der Waals surface area contributed by atoms with Crippen LogP contribution in [0.2, 0.25) is 5.15 Å². The fourth-order valence-corrected chi connectivity index (χ4v) is 4.67. The number of aromatic nitrogens is 1. The largest absolute Gasteiger partial charge is 0.243 e. The Morgan fingerprint density at radius 2 is 2.05 bits per heavy atom. The van der Waals surface area contributed by atoms with Crippen LogP contribution in [0, 0.1) is 0 Å². The van der Waals surface area contributed by atoms with Crippen molar-refractivity contribution < 1.29 is 8.42 Å². The van der Waals surface area contributed by atoms with Crippen LogP contribution < -0.4 is 4.72 Å². The first-order valence-corrected chi connectivity index (χ1v) is 9.26. The third-order valence-corrected chi connectivity index (χ3v) is 6.07. The molecule has 1 aromatic carbocycles. The fraction of sp³-hybridized carbons (Fsp3) is 0.214. The molecule has 0 fully saturated rings. The molecule has 1 N–H and O–H groups in total. The van der Waals surface area contributed by atoms with Gasteiger partial charge in [-0.1, -0.05) is 29.8 Å². The van der Waals surface area contributed by atoms with E-state index in [1.807, 2.05) is 24.3 Å². The first-order valence-electron chi connectivity index (χ1n) is 6.42. The fourth-order valence-electron chi connectivity index (χ4n) is 2.24. The molecule has 0 saturated carbocycles. The third-order valence-electron chi connectivity index (χ3n) is 3.27. The Morgan fingerprint density at radius 3 is 2.81 bits per heavy atom. The lowest BCUT2D eigenvalue weighted by Gasteiger charge is -2.25. The molecule has 110 valence electrons. The molecule has 0 radical (unpaired) electrons. The summed E-state index contributed by atoms with van der Waals surface area (Å²) in [6.45, 7) is 0. The zero-order chi connectivity index (χ0) is 14.9.